The van der Waals surface area contributed by atoms with Gasteiger partial charge in [-0.25, -0.2) is 10.8 Å². The molecule has 7 nitrogen and oxygen atoms in total. The van der Waals surface area contributed by atoms with Crippen LogP contribution >= 0.6 is 0 Å². The van der Waals surface area contributed by atoms with Crippen molar-refractivity contribution in [2.24, 2.45) is 22.3 Å². The summed E-state index contributed by atoms with van der Waals surface area (Å²) in [5.74, 6) is 4.24. The molecule has 90 valence electrons. The lowest BCUT2D eigenvalue weighted by Gasteiger charge is -2.04. The van der Waals surface area contributed by atoms with Gasteiger partial charge in [0.15, 0.2) is 0 Å². The van der Waals surface area contributed by atoms with Crippen LogP contribution in [-0.4, -0.2) is 17.6 Å². The number of nitrogens with one attached hydrogen (secondary N) is 1. The number of primary amides is 2. The normalized spacial score (nSPS) is 11.1. The summed E-state index contributed by atoms with van der Waals surface area (Å²) in [7, 11) is 0. The number of amides is 2. The third-order valence-corrected chi connectivity index (χ3v) is 1.99. The molecule has 0 aliphatic heterocycles. The number of carbonyl (C=O) groups excluding carboxylic acids is 2. The van der Waals surface area contributed by atoms with Gasteiger partial charge >= 0.3 is 0 Å². The molecule has 17 heavy (non-hydrogen) atoms. The van der Waals surface area contributed by atoms with Crippen molar-refractivity contribution >= 4 is 23.3 Å². The Kier molecular flexibility index (Phi) is 3.78. The molecule has 0 fully saturated rings. The number of hydrogen-bond acceptors (Lipinski definition) is 4. The summed E-state index contributed by atoms with van der Waals surface area (Å²) in [4.78, 5) is 26.2. The van der Waals surface area contributed by atoms with Gasteiger partial charge in [-0.15, -0.1) is 0 Å². The van der Waals surface area contributed by atoms with E-state index in [-0.39, 0.29) is 11.1 Å². The number of aliphatic imine (C=N–C) groups is 1. The van der Waals surface area contributed by atoms with Crippen LogP contribution in [0.3, 0.4) is 0 Å². The molecule has 0 aromatic heterocycles. The van der Waals surface area contributed by atoms with Gasteiger partial charge in [0.2, 0.25) is 11.8 Å². The van der Waals surface area contributed by atoms with Gasteiger partial charge in [-0.1, -0.05) is 0 Å². The number of hydrogen-bond donors (Lipinski definition) is 4. The first-order chi connectivity index (χ1) is 7.93. The van der Waals surface area contributed by atoms with E-state index in [4.69, 9.17) is 17.3 Å². The molecule has 2 amide bonds. The van der Waals surface area contributed by atoms with E-state index in [1.165, 1.54) is 18.2 Å². The van der Waals surface area contributed by atoms with Crippen LogP contribution in [0.4, 0.5) is 5.69 Å². The molecule has 0 bridgehead atoms. The minimum absolute atomic E-state index is 0.157. The average molecular weight is 235 g/mol. The Hall–Kier alpha value is -2.41. The molecular formula is C10H13N5O2. The van der Waals surface area contributed by atoms with Gasteiger partial charge in [-0.2, -0.15) is 0 Å². The van der Waals surface area contributed by atoms with E-state index in [9.17, 15) is 9.59 Å². The van der Waals surface area contributed by atoms with Crippen molar-refractivity contribution in [1.82, 2.24) is 5.43 Å². The van der Waals surface area contributed by atoms with Crippen LogP contribution in [0.1, 0.15) is 27.6 Å². The predicted molar refractivity (Wildman–Crippen MR) is 63.6 cm³/mol. The molecule has 0 saturated heterocycles. The van der Waals surface area contributed by atoms with E-state index in [1.807, 2.05) is 0 Å². The summed E-state index contributed by atoms with van der Waals surface area (Å²) < 4.78 is 0. The summed E-state index contributed by atoms with van der Waals surface area (Å²) >= 11 is 0. The average Bonchev–Trinajstić information content (AvgIpc) is 2.28. The fraction of sp³-hybridized carbons (Fsp3) is 0.100. The Labute approximate surface area is 97.6 Å². The number of nitrogens with two attached hydrogens (primary N) is 3. The van der Waals surface area contributed by atoms with Crippen LogP contribution in [0.2, 0.25) is 0 Å². The van der Waals surface area contributed by atoms with Crippen LogP contribution in [0, 0.1) is 0 Å². The zero-order valence-electron chi connectivity index (χ0n) is 9.23. The highest BCUT2D eigenvalue weighted by molar-refractivity contribution is 6.00. The van der Waals surface area contributed by atoms with Crippen molar-refractivity contribution in [2.45, 2.75) is 6.92 Å². The molecule has 1 aromatic carbocycles. The molecule has 0 atom stereocenters. The maximum absolute atomic E-state index is 11.1. The fourth-order valence-electron chi connectivity index (χ4n) is 1.19. The molecule has 0 unspecified atom stereocenters. The van der Waals surface area contributed by atoms with Crippen LogP contribution in [0.5, 0.6) is 0 Å². The predicted octanol–water partition coefficient (Wildman–Crippen LogP) is -0.602. The molecule has 1 rings (SSSR count). The smallest absolute Gasteiger partial charge is 0.248 e. The monoisotopic (exact) mass is 235 g/mol. The van der Waals surface area contributed by atoms with E-state index in [1.54, 1.807) is 6.92 Å². The summed E-state index contributed by atoms with van der Waals surface area (Å²) in [6, 6.07) is 4.19. The summed E-state index contributed by atoms with van der Waals surface area (Å²) in [5, 5.41) is 0. The maximum Gasteiger partial charge on any atom is 0.248 e. The van der Waals surface area contributed by atoms with E-state index in [0.717, 1.165) is 0 Å². The number of amidine groups is 1. The Morgan fingerprint density at radius 3 is 1.94 bits per heavy atom. The second kappa shape index (κ2) is 5.08. The Balaban J connectivity index is 3.31. The Morgan fingerprint density at radius 2 is 1.59 bits per heavy atom. The van der Waals surface area contributed by atoms with Gasteiger partial charge in [-0.05, 0) is 25.1 Å². The molecule has 0 radical (unpaired) electrons. The highest BCUT2D eigenvalue weighted by Gasteiger charge is 2.08. The lowest BCUT2D eigenvalue weighted by atomic mass is 10.1. The zero-order chi connectivity index (χ0) is 13.0. The Morgan fingerprint density at radius 1 is 1.12 bits per heavy atom. The SMILES string of the molecule is CC(=Nc1cc(C(N)=O)cc(C(N)=O)c1)NN. The summed E-state index contributed by atoms with van der Waals surface area (Å²) in [5.41, 5.74) is 13.3. The lowest BCUT2D eigenvalue weighted by Crippen LogP contribution is -2.27. The number of carbonyl (C=O) groups is 2. The van der Waals surface area contributed by atoms with Gasteiger partial charge < -0.3 is 16.9 Å². The van der Waals surface area contributed by atoms with Crippen molar-refractivity contribution in [1.29, 1.82) is 0 Å². The van der Waals surface area contributed by atoms with E-state index >= 15 is 0 Å². The first-order valence-electron chi connectivity index (χ1n) is 4.70. The van der Waals surface area contributed by atoms with E-state index < -0.39 is 11.8 Å². The van der Waals surface area contributed by atoms with Crippen LogP contribution < -0.4 is 22.7 Å². The quantitative estimate of drug-likeness (QED) is 0.240. The maximum atomic E-state index is 11.1. The van der Waals surface area contributed by atoms with Gasteiger partial charge in [-0.3, -0.25) is 9.59 Å². The first kappa shape index (κ1) is 12.7. The van der Waals surface area contributed by atoms with Crippen molar-refractivity contribution in [3.63, 3.8) is 0 Å². The number of benzene rings is 1. The van der Waals surface area contributed by atoms with Gasteiger partial charge in [0.25, 0.3) is 0 Å². The zero-order valence-corrected chi connectivity index (χ0v) is 9.23. The first-order valence-corrected chi connectivity index (χ1v) is 4.70. The molecule has 7 heteroatoms. The third kappa shape index (κ3) is 3.28. The fourth-order valence-corrected chi connectivity index (χ4v) is 1.19. The van der Waals surface area contributed by atoms with Crippen LogP contribution in [0.25, 0.3) is 0 Å². The van der Waals surface area contributed by atoms with E-state index in [0.29, 0.717) is 11.5 Å². The largest absolute Gasteiger partial charge is 0.366 e. The van der Waals surface area contributed by atoms with Crippen molar-refractivity contribution in [3.8, 4) is 0 Å². The summed E-state index contributed by atoms with van der Waals surface area (Å²) in [6.07, 6.45) is 0. The second-order valence-electron chi connectivity index (χ2n) is 3.34. The molecule has 1 aromatic rings. The van der Waals surface area contributed by atoms with E-state index in [2.05, 4.69) is 10.4 Å². The number of nitrogens with zero attached hydrogens (tertiary/aromatic N) is 1. The number of hydrazine groups is 1. The lowest BCUT2D eigenvalue weighted by molar-refractivity contribution is 0.0999. The summed E-state index contributed by atoms with van der Waals surface area (Å²) in [6.45, 7) is 1.63. The van der Waals surface area contributed by atoms with Gasteiger partial charge in [0, 0.05) is 11.1 Å². The molecule has 0 saturated carbocycles. The molecule has 0 heterocycles. The van der Waals surface area contributed by atoms with Crippen LogP contribution in [-0.2, 0) is 0 Å². The molecule has 0 aliphatic carbocycles. The number of rotatable bonds is 3. The van der Waals surface area contributed by atoms with Crippen molar-refractivity contribution in [3.05, 3.63) is 29.3 Å². The topological polar surface area (TPSA) is 137 Å². The molecular weight excluding hydrogens is 222 g/mol. The third-order valence-electron chi connectivity index (χ3n) is 1.99. The van der Waals surface area contributed by atoms with Crippen molar-refractivity contribution in [2.75, 3.05) is 0 Å². The Bertz CT molecular complexity index is 463. The standard InChI is InChI=1S/C10H13N5O2/c1-5(15-13)14-8-3-6(9(11)16)2-7(4-8)10(12)17/h2-4H,13H2,1H3,(H2,11,16)(H2,12,17)(H,14,15). The van der Waals surface area contributed by atoms with Crippen molar-refractivity contribution < 1.29 is 9.59 Å². The molecule has 0 spiro atoms. The highest BCUT2D eigenvalue weighted by Crippen LogP contribution is 2.17. The van der Waals surface area contributed by atoms with Crippen LogP contribution in [0.15, 0.2) is 23.2 Å². The van der Waals surface area contributed by atoms with Gasteiger partial charge in [0.1, 0.15) is 5.84 Å². The van der Waals surface area contributed by atoms with Gasteiger partial charge in [0.05, 0.1) is 5.69 Å². The molecule has 7 N–H and O–H groups in total. The highest BCUT2D eigenvalue weighted by atomic mass is 16.1. The second-order valence-corrected chi connectivity index (χ2v) is 3.34. The minimum Gasteiger partial charge on any atom is -0.366 e. The minimum atomic E-state index is -0.664. The molecule has 0 aliphatic rings.